The van der Waals surface area contributed by atoms with Gasteiger partial charge in [0.15, 0.2) is 0 Å². The van der Waals surface area contributed by atoms with Crippen molar-refractivity contribution in [2.45, 2.75) is 6.82 Å². The molecule has 0 rings (SSSR count). The molecule has 3 heteroatoms. The van der Waals surface area contributed by atoms with Crippen molar-refractivity contribution >= 4 is 19.3 Å². The molecule has 7 heavy (non-hydrogen) atoms. The average Bonchev–Trinajstić information content (AvgIpc) is 1.68. The van der Waals surface area contributed by atoms with Gasteiger partial charge in [-0.1, -0.05) is 0 Å². The normalized spacial score (nSPS) is 7.00. The van der Waals surface area contributed by atoms with Crippen LogP contribution in [0.5, 0.6) is 0 Å². The molecular formula is C4H6B2O. The summed E-state index contributed by atoms with van der Waals surface area (Å²) in [6, 6.07) is 0. The molecule has 0 fully saturated rings. The van der Waals surface area contributed by atoms with Crippen molar-refractivity contribution in [1.29, 1.82) is 0 Å². The van der Waals surface area contributed by atoms with Gasteiger partial charge >= 0.3 is 43.6 Å². The fourth-order valence-corrected chi connectivity index (χ4v) is 0.232. The van der Waals surface area contributed by atoms with Crippen molar-refractivity contribution in [3.8, 4) is 0 Å². The molecule has 0 aromatic carbocycles. The maximum absolute atomic E-state index is 10.2. The van der Waals surface area contributed by atoms with E-state index in [4.69, 9.17) is 0 Å². The molecule has 0 N–H and O–H groups in total. The predicted octanol–water partition coefficient (Wildman–Crippen LogP) is 0.0705. The van der Waals surface area contributed by atoms with Crippen LogP contribution in [0.4, 0.5) is 0 Å². The second-order valence-corrected chi connectivity index (χ2v) is 1.11. The monoisotopic (exact) mass is 92.1 g/mol. The quantitative estimate of drug-likeness (QED) is 0.347. The predicted molar refractivity (Wildman–Crippen MR) is 32.6 cm³/mol. The van der Waals surface area contributed by atoms with Gasteiger partial charge in [0.1, 0.15) is 0 Å². The fraction of sp³-hybridized carbons (Fsp3) is 0.250. The molecule has 0 aromatic rings. The molecule has 0 saturated heterocycles. The van der Waals surface area contributed by atoms with E-state index < -0.39 is 0 Å². The SMILES string of the molecule is C=CC(=O)B=BC. The number of hydrogen-bond donors (Lipinski definition) is 0. The maximum atomic E-state index is 10.2. The van der Waals surface area contributed by atoms with Crippen LogP contribution >= 0.6 is 0 Å². The summed E-state index contributed by atoms with van der Waals surface area (Å²) in [7, 11) is 0. The first kappa shape index (κ1) is 6.54. The van der Waals surface area contributed by atoms with Gasteiger partial charge in [-0.3, -0.25) is 0 Å². The van der Waals surface area contributed by atoms with Crippen LogP contribution in [0.3, 0.4) is 0 Å². The van der Waals surface area contributed by atoms with Gasteiger partial charge in [-0.2, -0.15) is 0 Å². The van der Waals surface area contributed by atoms with Crippen molar-refractivity contribution in [3.63, 3.8) is 0 Å². The van der Waals surface area contributed by atoms with E-state index in [1.165, 1.54) is 12.9 Å². The van der Waals surface area contributed by atoms with Gasteiger partial charge in [0.2, 0.25) is 0 Å². The molecule has 0 aliphatic heterocycles. The van der Waals surface area contributed by atoms with Gasteiger partial charge in [-0.05, 0) is 0 Å². The molecule has 0 unspecified atom stereocenters. The van der Waals surface area contributed by atoms with Crippen molar-refractivity contribution in [1.82, 2.24) is 0 Å². The summed E-state index contributed by atoms with van der Waals surface area (Å²) in [6.45, 7) is 8.22. The van der Waals surface area contributed by atoms with E-state index in [1.807, 2.05) is 0 Å². The summed E-state index contributed by atoms with van der Waals surface area (Å²) in [5, 5.41) is 0. The number of carbonyl (C=O) groups is 1. The first-order chi connectivity index (χ1) is 3.31. The Bertz CT molecular complexity index is 106. The molecule has 0 heterocycles. The molecule has 0 radical (unpaired) electrons. The van der Waals surface area contributed by atoms with E-state index in [0.717, 1.165) is 0 Å². The summed E-state index contributed by atoms with van der Waals surface area (Å²) >= 11 is 0. The molecular weight excluding hydrogens is 85.7 g/mol. The third kappa shape index (κ3) is 3.37. The molecule has 0 aliphatic carbocycles. The number of rotatable bonds is 2. The van der Waals surface area contributed by atoms with Crippen LogP contribution in [-0.4, -0.2) is 19.3 Å². The summed E-state index contributed by atoms with van der Waals surface area (Å²) < 4.78 is 0. The molecule has 34 valence electrons. The number of hydrogen-bond acceptors (Lipinski definition) is 1. The summed E-state index contributed by atoms with van der Waals surface area (Å²) in [5.41, 5.74) is -0.0394. The topological polar surface area (TPSA) is 17.1 Å². The van der Waals surface area contributed by atoms with E-state index in [9.17, 15) is 4.79 Å². The van der Waals surface area contributed by atoms with Crippen LogP contribution in [0.1, 0.15) is 0 Å². The van der Waals surface area contributed by atoms with E-state index in [0.29, 0.717) is 0 Å². The Balaban J connectivity index is 3.58. The molecule has 0 aromatic heterocycles. The van der Waals surface area contributed by atoms with Crippen molar-refractivity contribution in [2.24, 2.45) is 0 Å². The van der Waals surface area contributed by atoms with E-state index in [-0.39, 0.29) is 5.68 Å². The molecule has 0 saturated carbocycles. The molecule has 0 bridgehead atoms. The van der Waals surface area contributed by atoms with Crippen molar-refractivity contribution < 1.29 is 4.79 Å². The number of carbonyl (C=O) groups excluding carboxylic acids is 1. The average molecular weight is 91.7 g/mol. The minimum atomic E-state index is -0.0394. The molecule has 1 nitrogen and oxygen atoms in total. The second kappa shape index (κ2) is 3.72. The molecule has 0 amide bonds. The van der Waals surface area contributed by atoms with E-state index in [2.05, 4.69) is 6.58 Å². The standard InChI is InChI=1S/C4H6B2O/c1-3-4(7)6-5-2/h3H,1H2,2H3. The first-order valence-electron chi connectivity index (χ1n) is 2.10. The Morgan fingerprint density at radius 1 is 1.86 bits per heavy atom. The van der Waals surface area contributed by atoms with Gasteiger partial charge in [0.05, 0.1) is 0 Å². The zero-order valence-corrected chi connectivity index (χ0v) is 4.35. The minimum absolute atomic E-state index is 0.0394. The Hall–Kier alpha value is -0.460. The van der Waals surface area contributed by atoms with Gasteiger partial charge in [-0.25, -0.2) is 0 Å². The summed E-state index contributed by atoms with van der Waals surface area (Å²) in [4.78, 5) is 10.2. The van der Waals surface area contributed by atoms with Crippen LogP contribution in [0.2, 0.25) is 6.82 Å². The second-order valence-electron chi connectivity index (χ2n) is 1.11. The molecule has 0 atom stereocenters. The Kier molecular flexibility index (Phi) is 3.48. The van der Waals surface area contributed by atoms with Crippen molar-refractivity contribution in [2.75, 3.05) is 0 Å². The Morgan fingerprint density at radius 2 is 2.43 bits per heavy atom. The summed E-state index contributed by atoms with van der Waals surface area (Å²) in [5.74, 6) is 0. The molecule has 0 spiro atoms. The first-order valence-corrected chi connectivity index (χ1v) is 2.10. The van der Waals surface area contributed by atoms with E-state index >= 15 is 0 Å². The van der Waals surface area contributed by atoms with Crippen LogP contribution < -0.4 is 0 Å². The third-order valence-corrected chi connectivity index (χ3v) is 0.532. The zero-order chi connectivity index (χ0) is 5.70. The Labute approximate surface area is 44.5 Å². The van der Waals surface area contributed by atoms with Crippen LogP contribution in [-0.2, 0) is 4.79 Å². The van der Waals surface area contributed by atoms with Gasteiger partial charge in [-0.15, -0.1) is 0 Å². The van der Waals surface area contributed by atoms with Crippen LogP contribution in [0.15, 0.2) is 12.7 Å². The number of allylic oxidation sites excluding steroid dienone is 1. The van der Waals surface area contributed by atoms with Crippen LogP contribution in [0.25, 0.3) is 0 Å². The van der Waals surface area contributed by atoms with Gasteiger partial charge in [0, 0.05) is 0 Å². The van der Waals surface area contributed by atoms with Gasteiger partial charge in [0.25, 0.3) is 0 Å². The third-order valence-electron chi connectivity index (χ3n) is 0.532. The Morgan fingerprint density at radius 3 is 2.57 bits per heavy atom. The fourth-order valence-electron chi connectivity index (χ4n) is 0.232. The van der Waals surface area contributed by atoms with Crippen molar-refractivity contribution in [3.05, 3.63) is 12.7 Å². The van der Waals surface area contributed by atoms with Gasteiger partial charge < -0.3 is 0 Å². The van der Waals surface area contributed by atoms with Crippen LogP contribution in [0, 0.1) is 0 Å². The summed E-state index contributed by atoms with van der Waals surface area (Å²) in [6.07, 6.45) is 1.28. The van der Waals surface area contributed by atoms with E-state index in [1.54, 1.807) is 13.6 Å². The molecule has 0 aliphatic rings. The zero-order valence-electron chi connectivity index (χ0n) is 4.35.